The zero-order valence-electron chi connectivity index (χ0n) is 13.6. The summed E-state index contributed by atoms with van der Waals surface area (Å²) in [5.74, 6) is 0.663. The fourth-order valence-electron chi connectivity index (χ4n) is 2.45. The number of carbonyl (C=O) groups is 1. The fraction of sp³-hybridized carbons (Fsp3) is 0.167. The van der Waals surface area contributed by atoms with Crippen molar-refractivity contribution in [3.63, 3.8) is 0 Å². The number of hydrogen-bond acceptors (Lipinski definition) is 3. The molecule has 128 valence electrons. The number of amides is 1. The van der Waals surface area contributed by atoms with Gasteiger partial charge in [0.2, 0.25) is 5.91 Å². The third-order valence-corrected chi connectivity index (χ3v) is 4.54. The molecular weight excluding hydrogens is 400 g/mol. The highest BCUT2D eigenvalue weighted by molar-refractivity contribution is 9.10. The highest BCUT2D eigenvalue weighted by atomic mass is 79.9. The summed E-state index contributed by atoms with van der Waals surface area (Å²) >= 11 is 8.70. The lowest BCUT2D eigenvalue weighted by Crippen LogP contribution is -2.15. The summed E-state index contributed by atoms with van der Waals surface area (Å²) in [6.07, 6.45) is 0.305. The number of nitrogens with one attached hydrogen (secondary N) is 2. The Morgan fingerprint density at radius 3 is 2.76 bits per heavy atom. The lowest BCUT2D eigenvalue weighted by Gasteiger charge is -2.08. The predicted octanol–water partition coefficient (Wildman–Crippen LogP) is 4.71. The zero-order chi connectivity index (χ0) is 17.8. The lowest BCUT2D eigenvalue weighted by molar-refractivity contribution is -0.116. The Hall–Kier alpha value is -2.25. The Morgan fingerprint density at radius 1 is 1.28 bits per heavy atom. The van der Waals surface area contributed by atoms with E-state index in [0.29, 0.717) is 17.7 Å². The van der Waals surface area contributed by atoms with Gasteiger partial charge in [-0.2, -0.15) is 5.10 Å². The van der Waals surface area contributed by atoms with E-state index >= 15 is 0 Å². The van der Waals surface area contributed by atoms with Gasteiger partial charge in [-0.1, -0.05) is 51.8 Å². The van der Waals surface area contributed by atoms with Crippen LogP contribution >= 0.6 is 28.1 Å². The number of nitrogens with zero attached hydrogens (tertiary/aromatic N) is 2. The third kappa shape index (κ3) is 4.43. The smallest absolute Gasteiger partial charge is 0.226 e. The summed E-state index contributed by atoms with van der Waals surface area (Å²) in [4.78, 5) is 12.2. The van der Waals surface area contributed by atoms with Crippen LogP contribution < -0.4 is 5.32 Å². The maximum absolute atomic E-state index is 12.2. The topological polar surface area (TPSA) is 62.7 Å². The molecule has 0 saturated carbocycles. The van der Waals surface area contributed by atoms with Crippen LogP contribution in [0.4, 0.5) is 5.69 Å². The highest BCUT2D eigenvalue weighted by Crippen LogP contribution is 2.19. The summed E-state index contributed by atoms with van der Waals surface area (Å²) in [5.41, 5.74) is 2.90. The van der Waals surface area contributed by atoms with Gasteiger partial charge in [0.15, 0.2) is 10.6 Å². The molecule has 0 saturated heterocycles. The second-order valence-corrected chi connectivity index (χ2v) is 6.98. The molecule has 3 aromatic rings. The average molecular weight is 417 g/mol. The van der Waals surface area contributed by atoms with E-state index in [1.165, 1.54) is 5.56 Å². The van der Waals surface area contributed by atoms with Gasteiger partial charge in [0.25, 0.3) is 0 Å². The van der Waals surface area contributed by atoms with Gasteiger partial charge in [-0.15, -0.1) is 0 Å². The van der Waals surface area contributed by atoms with Crippen LogP contribution in [0.2, 0.25) is 0 Å². The SMILES string of the molecule is Cc1ccc(-c2n[nH]c(=S)n2CCC(=O)Nc2cccc(Br)c2)cc1. The quantitative estimate of drug-likeness (QED) is 0.592. The maximum Gasteiger partial charge on any atom is 0.226 e. The van der Waals surface area contributed by atoms with Crippen molar-refractivity contribution in [3.05, 3.63) is 63.3 Å². The second kappa shape index (κ2) is 7.76. The predicted molar refractivity (Wildman–Crippen MR) is 105 cm³/mol. The first-order valence-corrected chi connectivity index (χ1v) is 9.01. The third-order valence-electron chi connectivity index (χ3n) is 3.74. The van der Waals surface area contributed by atoms with Gasteiger partial charge >= 0.3 is 0 Å². The molecule has 0 fully saturated rings. The molecule has 2 aromatic carbocycles. The number of aromatic amines is 1. The van der Waals surface area contributed by atoms with E-state index in [9.17, 15) is 4.79 Å². The van der Waals surface area contributed by atoms with E-state index in [0.717, 1.165) is 21.5 Å². The van der Waals surface area contributed by atoms with E-state index in [1.807, 2.05) is 60.0 Å². The fourth-order valence-corrected chi connectivity index (χ4v) is 3.07. The number of carbonyl (C=O) groups excluding carboxylic acids is 1. The summed E-state index contributed by atoms with van der Waals surface area (Å²) in [5, 5.41) is 9.99. The molecule has 0 aliphatic rings. The van der Waals surface area contributed by atoms with Crippen molar-refractivity contribution < 1.29 is 4.79 Å². The first kappa shape index (κ1) is 17.6. The largest absolute Gasteiger partial charge is 0.326 e. The van der Waals surface area contributed by atoms with Crippen LogP contribution in [0.5, 0.6) is 0 Å². The van der Waals surface area contributed by atoms with Crippen molar-refractivity contribution in [3.8, 4) is 11.4 Å². The molecule has 0 unspecified atom stereocenters. The van der Waals surface area contributed by atoms with Crippen molar-refractivity contribution in [1.82, 2.24) is 14.8 Å². The number of anilines is 1. The Labute approximate surface area is 159 Å². The van der Waals surface area contributed by atoms with Crippen molar-refractivity contribution in [1.29, 1.82) is 0 Å². The second-order valence-electron chi connectivity index (χ2n) is 5.68. The molecular formula is C18H17BrN4OS. The molecule has 0 radical (unpaired) electrons. The average Bonchev–Trinajstić information content (AvgIpc) is 2.94. The van der Waals surface area contributed by atoms with E-state index in [4.69, 9.17) is 12.2 Å². The molecule has 1 heterocycles. The minimum atomic E-state index is -0.0731. The number of halogens is 1. The van der Waals surface area contributed by atoms with Crippen LogP contribution in [0.3, 0.4) is 0 Å². The number of H-pyrrole nitrogens is 1. The summed E-state index contributed by atoms with van der Waals surface area (Å²) in [7, 11) is 0. The van der Waals surface area contributed by atoms with Gasteiger partial charge in [0, 0.05) is 28.7 Å². The highest BCUT2D eigenvalue weighted by Gasteiger charge is 2.11. The van der Waals surface area contributed by atoms with E-state index < -0.39 is 0 Å². The Kier molecular flexibility index (Phi) is 5.45. The van der Waals surface area contributed by atoms with Crippen molar-refractivity contribution in [2.75, 3.05) is 5.32 Å². The standard InChI is InChI=1S/C18H17BrN4OS/c1-12-5-7-13(8-6-12)17-21-22-18(25)23(17)10-9-16(24)20-15-4-2-3-14(19)11-15/h2-8,11H,9-10H2,1H3,(H,20,24)(H,22,25). The minimum Gasteiger partial charge on any atom is -0.326 e. The van der Waals surface area contributed by atoms with Crippen LogP contribution in [0, 0.1) is 11.7 Å². The van der Waals surface area contributed by atoms with Gasteiger partial charge in [0.05, 0.1) is 0 Å². The summed E-state index contributed by atoms with van der Waals surface area (Å²) < 4.78 is 3.27. The summed E-state index contributed by atoms with van der Waals surface area (Å²) in [6, 6.07) is 15.5. The number of hydrogen-bond donors (Lipinski definition) is 2. The van der Waals surface area contributed by atoms with Crippen LogP contribution in [-0.4, -0.2) is 20.7 Å². The molecule has 2 N–H and O–H groups in total. The van der Waals surface area contributed by atoms with E-state index in [2.05, 4.69) is 31.4 Å². The lowest BCUT2D eigenvalue weighted by atomic mass is 10.1. The van der Waals surface area contributed by atoms with Crippen LogP contribution in [0.1, 0.15) is 12.0 Å². The minimum absolute atomic E-state index is 0.0731. The number of aromatic nitrogens is 3. The molecule has 7 heteroatoms. The molecule has 3 rings (SSSR count). The van der Waals surface area contributed by atoms with Gasteiger partial charge < -0.3 is 5.32 Å². The first-order valence-electron chi connectivity index (χ1n) is 7.80. The summed E-state index contributed by atoms with van der Waals surface area (Å²) in [6.45, 7) is 2.49. The van der Waals surface area contributed by atoms with E-state index in [-0.39, 0.29) is 5.91 Å². The first-order chi connectivity index (χ1) is 12.0. The Balaban J connectivity index is 1.71. The number of rotatable bonds is 5. The van der Waals surface area contributed by atoms with Gasteiger partial charge in [0.1, 0.15) is 0 Å². The molecule has 0 spiro atoms. The monoisotopic (exact) mass is 416 g/mol. The van der Waals surface area contributed by atoms with E-state index in [1.54, 1.807) is 0 Å². The molecule has 1 amide bonds. The van der Waals surface area contributed by atoms with Crippen LogP contribution in [0.25, 0.3) is 11.4 Å². The Morgan fingerprint density at radius 2 is 2.04 bits per heavy atom. The molecule has 0 aliphatic carbocycles. The van der Waals surface area contributed by atoms with Gasteiger partial charge in [-0.3, -0.25) is 14.5 Å². The molecule has 1 aromatic heterocycles. The number of benzene rings is 2. The van der Waals surface area contributed by atoms with Crippen molar-refractivity contribution in [2.24, 2.45) is 0 Å². The van der Waals surface area contributed by atoms with Crippen molar-refractivity contribution >= 4 is 39.7 Å². The maximum atomic E-state index is 12.2. The Bertz CT molecular complexity index is 946. The molecule has 0 bridgehead atoms. The molecule has 5 nitrogen and oxygen atoms in total. The normalized spacial score (nSPS) is 10.6. The van der Waals surface area contributed by atoms with Gasteiger partial charge in [-0.25, -0.2) is 0 Å². The number of aryl methyl sites for hydroxylation is 1. The molecule has 25 heavy (non-hydrogen) atoms. The van der Waals surface area contributed by atoms with Crippen LogP contribution in [-0.2, 0) is 11.3 Å². The molecule has 0 atom stereocenters. The van der Waals surface area contributed by atoms with Crippen molar-refractivity contribution in [2.45, 2.75) is 19.9 Å². The van der Waals surface area contributed by atoms with Crippen LogP contribution in [0.15, 0.2) is 53.0 Å². The zero-order valence-corrected chi connectivity index (χ0v) is 16.0. The van der Waals surface area contributed by atoms with Gasteiger partial charge in [-0.05, 0) is 37.3 Å². The molecule has 0 aliphatic heterocycles.